The predicted molar refractivity (Wildman–Crippen MR) is 102 cm³/mol. The summed E-state index contributed by atoms with van der Waals surface area (Å²) >= 11 is 0. The summed E-state index contributed by atoms with van der Waals surface area (Å²) in [6.07, 6.45) is 2.09. The highest BCUT2D eigenvalue weighted by Crippen LogP contribution is 2.43. The minimum atomic E-state index is -1.31. The van der Waals surface area contributed by atoms with Gasteiger partial charge in [-0.15, -0.1) is 0 Å². The van der Waals surface area contributed by atoms with Gasteiger partial charge in [-0.25, -0.2) is 0 Å². The van der Waals surface area contributed by atoms with Gasteiger partial charge in [-0.2, -0.15) is 0 Å². The Morgan fingerprint density at radius 2 is 1.48 bits per heavy atom. The van der Waals surface area contributed by atoms with Crippen LogP contribution in [0.25, 0.3) is 0 Å². The van der Waals surface area contributed by atoms with E-state index in [1.165, 1.54) is 0 Å². The SMILES string of the molecule is COc1cccc(OC)c1C(O)(CC=NC(C)(C)C)c1ccccc1. The third-order valence-corrected chi connectivity index (χ3v) is 3.96. The third-order valence-electron chi connectivity index (χ3n) is 3.96. The number of hydrogen-bond acceptors (Lipinski definition) is 4. The van der Waals surface area contributed by atoms with E-state index < -0.39 is 5.60 Å². The van der Waals surface area contributed by atoms with E-state index in [1.54, 1.807) is 20.4 Å². The Morgan fingerprint density at radius 1 is 0.920 bits per heavy atom. The van der Waals surface area contributed by atoms with Gasteiger partial charge in [0.1, 0.15) is 17.1 Å². The molecule has 0 bridgehead atoms. The van der Waals surface area contributed by atoms with E-state index in [4.69, 9.17) is 9.47 Å². The molecular weight excluding hydrogens is 314 g/mol. The van der Waals surface area contributed by atoms with E-state index in [9.17, 15) is 5.11 Å². The Labute approximate surface area is 150 Å². The normalized spacial score (nSPS) is 14.3. The molecule has 1 unspecified atom stereocenters. The molecule has 0 radical (unpaired) electrons. The summed E-state index contributed by atoms with van der Waals surface area (Å²) in [4.78, 5) is 4.54. The van der Waals surface area contributed by atoms with Gasteiger partial charge < -0.3 is 14.6 Å². The molecule has 4 heteroatoms. The van der Waals surface area contributed by atoms with Gasteiger partial charge in [0.15, 0.2) is 0 Å². The number of nitrogens with zero attached hydrogens (tertiary/aromatic N) is 1. The number of benzene rings is 2. The van der Waals surface area contributed by atoms with Crippen LogP contribution in [0.15, 0.2) is 53.5 Å². The van der Waals surface area contributed by atoms with Gasteiger partial charge in [0.05, 0.1) is 25.3 Å². The van der Waals surface area contributed by atoms with E-state index in [2.05, 4.69) is 4.99 Å². The second-order valence-corrected chi connectivity index (χ2v) is 6.95. The Balaban J connectivity index is 2.63. The average Bonchev–Trinajstić information content (AvgIpc) is 2.60. The summed E-state index contributed by atoms with van der Waals surface area (Å²) in [5.74, 6) is 1.16. The summed E-state index contributed by atoms with van der Waals surface area (Å²) in [6.45, 7) is 6.07. The molecule has 0 aliphatic heterocycles. The Kier molecular flexibility index (Phi) is 5.85. The van der Waals surface area contributed by atoms with Gasteiger partial charge in [0.2, 0.25) is 0 Å². The number of ether oxygens (including phenoxy) is 2. The molecule has 0 heterocycles. The van der Waals surface area contributed by atoms with E-state index >= 15 is 0 Å². The van der Waals surface area contributed by atoms with Crippen LogP contribution in [0.1, 0.15) is 38.3 Å². The van der Waals surface area contributed by atoms with Crippen molar-refractivity contribution in [2.24, 2.45) is 4.99 Å². The molecular formula is C21H27NO3. The molecule has 0 aromatic heterocycles. The first-order valence-electron chi connectivity index (χ1n) is 8.35. The molecule has 134 valence electrons. The molecule has 0 amide bonds. The van der Waals surface area contributed by atoms with Crippen molar-refractivity contribution in [3.63, 3.8) is 0 Å². The molecule has 25 heavy (non-hydrogen) atoms. The van der Waals surface area contributed by atoms with E-state index in [1.807, 2.05) is 69.3 Å². The molecule has 0 saturated carbocycles. The number of rotatable bonds is 6. The molecule has 0 saturated heterocycles. The highest BCUT2D eigenvalue weighted by molar-refractivity contribution is 5.65. The summed E-state index contributed by atoms with van der Waals surface area (Å²) in [6, 6.07) is 15.0. The lowest BCUT2D eigenvalue weighted by atomic mass is 9.82. The highest BCUT2D eigenvalue weighted by Gasteiger charge is 2.36. The predicted octanol–water partition coefficient (Wildman–Crippen LogP) is 4.20. The highest BCUT2D eigenvalue weighted by atomic mass is 16.5. The van der Waals surface area contributed by atoms with Crippen molar-refractivity contribution in [3.8, 4) is 11.5 Å². The lowest BCUT2D eigenvalue weighted by molar-refractivity contribution is 0.0836. The zero-order valence-corrected chi connectivity index (χ0v) is 15.6. The van der Waals surface area contributed by atoms with Crippen molar-refractivity contribution in [2.45, 2.75) is 38.3 Å². The van der Waals surface area contributed by atoms with Crippen LogP contribution in [0.5, 0.6) is 11.5 Å². The van der Waals surface area contributed by atoms with Gasteiger partial charge in [0, 0.05) is 12.6 Å². The van der Waals surface area contributed by atoms with Crippen LogP contribution >= 0.6 is 0 Å². The minimum absolute atomic E-state index is 0.206. The Bertz CT molecular complexity index is 697. The lowest BCUT2D eigenvalue weighted by Crippen LogP contribution is -2.29. The zero-order valence-electron chi connectivity index (χ0n) is 15.6. The van der Waals surface area contributed by atoms with Gasteiger partial charge in [0.25, 0.3) is 0 Å². The molecule has 0 aliphatic carbocycles. The van der Waals surface area contributed by atoms with Crippen molar-refractivity contribution < 1.29 is 14.6 Å². The molecule has 1 atom stereocenters. The minimum Gasteiger partial charge on any atom is -0.496 e. The van der Waals surface area contributed by atoms with E-state index in [0.29, 0.717) is 23.5 Å². The van der Waals surface area contributed by atoms with Gasteiger partial charge in [-0.05, 0) is 38.5 Å². The lowest BCUT2D eigenvalue weighted by Gasteiger charge is -2.31. The molecule has 1 N–H and O–H groups in total. The van der Waals surface area contributed by atoms with Gasteiger partial charge in [-0.1, -0.05) is 36.4 Å². The molecule has 0 spiro atoms. The van der Waals surface area contributed by atoms with Crippen LogP contribution < -0.4 is 9.47 Å². The fourth-order valence-electron chi connectivity index (χ4n) is 2.79. The summed E-state index contributed by atoms with van der Waals surface area (Å²) < 4.78 is 11.0. The second kappa shape index (κ2) is 7.70. The van der Waals surface area contributed by atoms with Crippen molar-refractivity contribution >= 4 is 6.21 Å². The second-order valence-electron chi connectivity index (χ2n) is 6.95. The molecule has 0 fully saturated rings. The van der Waals surface area contributed by atoms with Gasteiger partial charge in [-0.3, -0.25) is 4.99 Å². The summed E-state index contributed by atoms with van der Waals surface area (Å²) in [5, 5.41) is 11.7. The first kappa shape index (κ1) is 19.0. The maximum Gasteiger partial charge on any atom is 0.129 e. The molecule has 0 aliphatic rings. The van der Waals surface area contributed by atoms with Crippen molar-refractivity contribution in [3.05, 3.63) is 59.7 Å². The van der Waals surface area contributed by atoms with Gasteiger partial charge >= 0.3 is 0 Å². The molecule has 4 nitrogen and oxygen atoms in total. The Hall–Kier alpha value is -2.33. The summed E-state index contributed by atoms with van der Waals surface area (Å²) in [5.41, 5.74) is -0.152. The largest absolute Gasteiger partial charge is 0.496 e. The first-order valence-corrected chi connectivity index (χ1v) is 8.35. The van der Waals surface area contributed by atoms with E-state index in [0.717, 1.165) is 5.56 Å². The van der Waals surface area contributed by atoms with E-state index in [-0.39, 0.29) is 5.54 Å². The topological polar surface area (TPSA) is 51.0 Å². The maximum absolute atomic E-state index is 11.7. The van der Waals surface area contributed by atoms with Crippen LogP contribution in [0.4, 0.5) is 0 Å². The molecule has 2 rings (SSSR count). The average molecular weight is 341 g/mol. The van der Waals surface area contributed by atoms with Crippen molar-refractivity contribution in [2.75, 3.05) is 14.2 Å². The number of aliphatic hydroxyl groups is 1. The number of hydrogen-bond donors (Lipinski definition) is 1. The first-order chi connectivity index (χ1) is 11.8. The zero-order chi connectivity index (χ0) is 18.5. The van der Waals surface area contributed by atoms with Crippen LogP contribution in [0.3, 0.4) is 0 Å². The quantitative estimate of drug-likeness (QED) is 0.801. The standard InChI is InChI=1S/C21H27NO3/c1-20(2,3)22-15-14-21(23,16-10-7-6-8-11-16)19-17(24-4)12-9-13-18(19)25-5/h6-13,15,23H,14H2,1-5H3. The van der Waals surface area contributed by atoms with Crippen LogP contribution in [-0.4, -0.2) is 31.1 Å². The number of aliphatic imine (C=N–C) groups is 1. The molecule has 2 aromatic rings. The van der Waals surface area contributed by atoms with Crippen molar-refractivity contribution in [1.82, 2.24) is 0 Å². The van der Waals surface area contributed by atoms with Crippen molar-refractivity contribution in [1.29, 1.82) is 0 Å². The number of methoxy groups -OCH3 is 2. The van der Waals surface area contributed by atoms with Crippen LogP contribution in [0.2, 0.25) is 0 Å². The fraction of sp³-hybridized carbons (Fsp3) is 0.381. The summed E-state index contributed by atoms with van der Waals surface area (Å²) in [7, 11) is 3.18. The smallest absolute Gasteiger partial charge is 0.129 e. The molecule has 2 aromatic carbocycles. The van der Waals surface area contributed by atoms with Crippen LogP contribution in [-0.2, 0) is 5.60 Å². The third kappa shape index (κ3) is 4.40. The fourth-order valence-corrected chi connectivity index (χ4v) is 2.79. The Morgan fingerprint density at radius 3 is 1.96 bits per heavy atom. The van der Waals surface area contributed by atoms with Crippen LogP contribution in [0, 0.1) is 0 Å². The monoisotopic (exact) mass is 341 g/mol. The maximum atomic E-state index is 11.7.